The van der Waals surface area contributed by atoms with E-state index in [1.807, 2.05) is 20.8 Å². The van der Waals surface area contributed by atoms with Crippen molar-refractivity contribution in [1.29, 1.82) is 0 Å². The van der Waals surface area contributed by atoms with E-state index in [9.17, 15) is 4.79 Å². The molecule has 2 atom stereocenters. The summed E-state index contributed by atoms with van der Waals surface area (Å²) < 4.78 is 0. The van der Waals surface area contributed by atoms with Gasteiger partial charge in [0.05, 0.1) is 0 Å². The number of hydrogen-bond acceptors (Lipinski definition) is 2. The zero-order valence-electron chi connectivity index (χ0n) is 13.9. The molecular formula is C18H28N2O. The Morgan fingerprint density at radius 2 is 2.00 bits per heavy atom. The lowest BCUT2D eigenvalue weighted by molar-refractivity contribution is -0.129. The van der Waals surface area contributed by atoms with Crippen molar-refractivity contribution in [3.8, 4) is 0 Å². The molecule has 0 spiro atoms. The highest BCUT2D eigenvalue weighted by Crippen LogP contribution is 2.24. The van der Waals surface area contributed by atoms with Crippen LogP contribution in [-0.4, -0.2) is 25.0 Å². The molecule has 1 amide bonds. The predicted octanol–water partition coefficient (Wildman–Crippen LogP) is 3.37. The van der Waals surface area contributed by atoms with E-state index in [1.165, 1.54) is 11.3 Å². The molecular weight excluding hydrogens is 260 g/mol. The number of aryl methyl sites for hydroxylation is 1. The van der Waals surface area contributed by atoms with Crippen LogP contribution < -0.4 is 10.2 Å². The fourth-order valence-electron chi connectivity index (χ4n) is 2.89. The smallest absolute Gasteiger partial charge is 0.225 e. The fraction of sp³-hybridized carbons (Fsp3) is 0.611. The van der Waals surface area contributed by atoms with E-state index >= 15 is 0 Å². The van der Waals surface area contributed by atoms with Crippen LogP contribution in [0.3, 0.4) is 0 Å². The van der Waals surface area contributed by atoms with Crippen LogP contribution >= 0.6 is 0 Å². The molecule has 1 aliphatic heterocycles. The van der Waals surface area contributed by atoms with E-state index in [-0.39, 0.29) is 17.4 Å². The van der Waals surface area contributed by atoms with Crippen LogP contribution in [0, 0.1) is 18.3 Å². The van der Waals surface area contributed by atoms with E-state index in [4.69, 9.17) is 0 Å². The number of hydrogen-bond donors (Lipinski definition) is 1. The predicted molar refractivity (Wildman–Crippen MR) is 88.6 cm³/mol. The van der Waals surface area contributed by atoms with E-state index in [0.29, 0.717) is 5.92 Å². The first-order chi connectivity index (χ1) is 9.75. The third kappa shape index (κ3) is 4.23. The number of nitrogens with one attached hydrogen (secondary N) is 1. The molecule has 3 nitrogen and oxygen atoms in total. The van der Waals surface area contributed by atoms with Gasteiger partial charge in [0.25, 0.3) is 0 Å². The largest absolute Gasteiger partial charge is 0.369 e. The molecule has 1 saturated heterocycles. The molecule has 0 aromatic heterocycles. The first-order valence-electron chi connectivity index (χ1n) is 7.88. The van der Waals surface area contributed by atoms with Crippen molar-refractivity contribution in [3.63, 3.8) is 0 Å². The molecule has 1 aromatic rings. The fourth-order valence-corrected chi connectivity index (χ4v) is 2.89. The Balaban J connectivity index is 2.07. The Morgan fingerprint density at radius 3 is 2.62 bits per heavy atom. The summed E-state index contributed by atoms with van der Waals surface area (Å²) in [5.74, 6) is 0.732. The number of rotatable bonds is 2. The van der Waals surface area contributed by atoms with Crippen molar-refractivity contribution in [3.05, 3.63) is 29.8 Å². The number of nitrogens with zero attached hydrogens (tertiary/aromatic N) is 1. The lowest BCUT2D eigenvalue weighted by atomic mass is 9.92. The lowest BCUT2D eigenvalue weighted by Gasteiger charge is -2.39. The van der Waals surface area contributed by atoms with Crippen LogP contribution in [0.2, 0.25) is 0 Å². The van der Waals surface area contributed by atoms with Gasteiger partial charge in [0.2, 0.25) is 5.91 Å². The highest BCUT2D eigenvalue weighted by Gasteiger charge is 2.29. The number of benzene rings is 1. The van der Waals surface area contributed by atoms with Crippen LogP contribution in [0.5, 0.6) is 0 Å². The number of carbonyl (C=O) groups is 1. The molecule has 1 aliphatic rings. The standard InChI is InChI=1S/C18H28N2O/c1-13-7-6-8-16(10-13)20-11-14(2)9-15(12-20)19-17(21)18(3,4)5/h6-8,10,14-15H,9,11-12H2,1-5H3,(H,19,21). The Bertz CT molecular complexity index is 504. The summed E-state index contributed by atoms with van der Waals surface area (Å²) in [6.45, 7) is 12.2. The topological polar surface area (TPSA) is 32.3 Å². The van der Waals surface area contributed by atoms with E-state index in [0.717, 1.165) is 19.5 Å². The van der Waals surface area contributed by atoms with Gasteiger partial charge in [0.1, 0.15) is 0 Å². The van der Waals surface area contributed by atoms with Crippen molar-refractivity contribution in [2.45, 2.75) is 47.1 Å². The molecule has 0 aliphatic carbocycles. The monoisotopic (exact) mass is 288 g/mol. The first-order valence-corrected chi connectivity index (χ1v) is 7.88. The van der Waals surface area contributed by atoms with Crippen molar-refractivity contribution in [2.24, 2.45) is 11.3 Å². The Hall–Kier alpha value is -1.51. The molecule has 1 N–H and O–H groups in total. The zero-order chi connectivity index (χ0) is 15.6. The second-order valence-corrected chi connectivity index (χ2v) is 7.51. The van der Waals surface area contributed by atoms with Gasteiger partial charge in [-0.15, -0.1) is 0 Å². The molecule has 116 valence electrons. The maximum absolute atomic E-state index is 12.2. The van der Waals surface area contributed by atoms with Crippen molar-refractivity contribution in [1.82, 2.24) is 5.32 Å². The van der Waals surface area contributed by atoms with Crippen LogP contribution in [0.25, 0.3) is 0 Å². The van der Waals surface area contributed by atoms with Crippen LogP contribution in [0.1, 0.15) is 39.7 Å². The molecule has 0 radical (unpaired) electrons. The van der Waals surface area contributed by atoms with Gasteiger partial charge in [-0.3, -0.25) is 4.79 Å². The molecule has 1 aromatic carbocycles. The summed E-state index contributed by atoms with van der Waals surface area (Å²) in [4.78, 5) is 14.6. The van der Waals surface area contributed by atoms with Crippen LogP contribution in [0.4, 0.5) is 5.69 Å². The van der Waals surface area contributed by atoms with E-state index < -0.39 is 0 Å². The molecule has 2 rings (SSSR count). The summed E-state index contributed by atoms with van der Waals surface area (Å²) in [6, 6.07) is 8.84. The van der Waals surface area contributed by atoms with Crippen LogP contribution in [0.15, 0.2) is 24.3 Å². The molecule has 1 fully saturated rings. The molecule has 1 heterocycles. The molecule has 3 heteroatoms. The average Bonchev–Trinajstić information content (AvgIpc) is 2.37. The van der Waals surface area contributed by atoms with Crippen molar-refractivity contribution < 1.29 is 4.79 Å². The number of carbonyl (C=O) groups excluding carboxylic acids is 1. The lowest BCUT2D eigenvalue weighted by Crippen LogP contribution is -2.52. The Kier molecular flexibility index (Phi) is 4.60. The summed E-state index contributed by atoms with van der Waals surface area (Å²) in [5, 5.41) is 3.22. The summed E-state index contributed by atoms with van der Waals surface area (Å²) >= 11 is 0. The highest BCUT2D eigenvalue weighted by atomic mass is 16.2. The molecule has 21 heavy (non-hydrogen) atoms. The second-order valence-electron chi connectivity index (χ2n) is 7.51. The molecule has 2 unspecified atom stereocenters. The second kappa shape index (κ2) is 6.08. The Morgan fingerprint density at radius 1 is 1.29 bits per heavy atom. The van der Waals surface area contributed by atoms with E-state index in [1.54, 1.807) is 0 Å². The molecule has 0 saturated carbocycles. The summed E-state index contributed by atoms with van der Waals surface area (Å²) in [5.41, 5.74) is 2.21. The zero-order valence-corrected chi connectivity index (χ0v) is 13.9. The minimum atomic E-state index is -0.325. The van der Waals surface area contributed by atoms with Gasteiger partial charge in [-0.2, -0.15) is 0 Å². The van der Waals surface area contributed by atoms with Gasteiger partial charge in [-0.05, 0) is 37.0 Å². The number of anilines is 1. The summed E-state index contributed by atoms with van der Waals surface area (Å²) in [6.07, 6.45) is 1.06. The number of piperidine rings is 1. The third-order valence-electron chi connectivity index (χ3n) is 4.04. The van der Waals surface area contributed by atoms with E-state index in [2.05, 4.69) is 48.3 Å². The first kappa shape index (κ1) is 15.9. The maximum Gasteiger partial charge on any atom is 0.225 e. The van der Waals surface area contributed by atoms with Gasteiger partial charge >= 0.3 is 0 Å². The molecule has 0 bridgehead atoms. The van der Waals surface area contributed by atoms with Gasteiger partial charge < -0.3 is 10.2 Å². The van der Waals surface area contributed by atoms with Gasteiger partial charge in [0, 0.05) is 30.2 Å². The van der Waals surface area contributed by atoms with Crippen molar-refractivity contribution in [2.75, 3.05) is 18.0 Å². The minimum absolute atomic E-state index is 0.144. The van der Waals surface area contributed by atoms with Gasteiger partial charge in [-0.25, -0.2) is 0 Å². The van der Waals surface area contributed by atoms with Gasteiger partial charge in [0.15, 0.2) is 0 Å². The highest BCUT2D eigenvalue weighted by molar-refractivity contribution is 5.81. The average molecular weight is 288 g/mol. The third-order valence-corrected chi connectivity index (χ3v) is 4.04. The summed E-state index contributed by atoms with van der Waals surface area (Å²) in [7, 11) is 0. The van der Waals surface area contributed by atoms with Crippen molar-refractivity contribution >= 4 is 11.6 Å². The van der Waals surface area contributed by atoms with Crippen LogP contribution in [-0.2, 0) is 4.79 Å². The number of amides is 1. The quantitative estimate of drug-likeness (QED) is 0.905. The normalized spacial score (nSPS) is 23.0. The minimum Gasteiger partial charge on any atom is -0.369 e. The SMILES string of the molecule is Cc1cccc(N2CC(C)CC(NC(=O)C(C)(C)C)C2)c1. The maximum atomic E-state index is 12.2. The Labute approximate surface area is 128 Å². The van der Waals surface area contributed by atoms with Gasteiger partial charge in [-0.1, -0.05) is 39.8 Å².